The lowest BCUT2D eigenvalue weighted by molar-refractivity contribution is -0.136. The van der Waals surface area contributed by atoms with E-state index in [-0.39, 0.29) is 18.2 Å². The number of nitrogens with one attached hydrogen (secondary N) is 1. The summed E-state index contributed by atoms with van der Waals surface area (Å²) in [5.74, 6) is -1.48. The molecule has 1 aliphatic heterocycles. The number of anilines is 1. The van der Waals surface area contributed by atoms with Crippen molar-refractivity contribution in [3.05, 3.63) is 60.2 Å². The van der Waals surface area contributed by atoms with Gasteiger partial charge in [-0.15, -0.1) is 0 Å². The van der Waals surface area contributed by atoms with Gasteiger partial charge >= 0.3 is 0 Å². The molecule has 6 heteroatoms. The number of hydrogen-bond donors (Lipinski definition) is 3. The first-order valence-electron chi connectivity index (χ1n) is 9.03. The zero-order chi connectivity index (χ0) is 19.6. The molecule has 3 atom stereocenters. The molecule has 1 aliphatic rings. The molecule has 0 aromatic heterocycles. The average Bonchev–Trinajstić information content (AvgIpc) is 2.77. The van der Waals surface area contributed by atoms with Crippen molar-refractivity contribution in [1.29, 1.82) is 0 Å². The van der Waals surface area contributed by atoms with Crippen LogP contribution in [0.5, 0.6) is 5.75 Å². The molecule has 2 amide bonds. The second kappa shape index (κ2) is 7.40. The number of primary amides is 1. The number of fused-ring (bicyclic) bond motifs is 1. The number of rotatable bonds is 5. The van der Waals surface area contributed by atoms with E-state index in [1.807, 2.05) is 50.2 Å². The highest BCUT2D eigenvalue weighted by Crippen LogP contribution is 2.42. The minimum Gasteiger partial charge on any atom is -0.483 e. The van der Waals surface area contributed by atoms with Crippen LogP contribution in [0, 0.1) is 11.8 Å². The van der Waals surface area contributed by atoms with Gasteiger partial charge in [0.2, 0.25) is 11.8 Å². The first-order valence-corrected chi connectivity index (χ1v) is 9.03. The van der Waals surface area contributed by atoms with E-state index in [4.69, 9.17) is 16.2 Å². The number of carbonyl (C=O) groups is 2. The van der Waals surface area contributed by atoms with Crippen LogP contribution in [-0.4, -0.2) is 17.4 Å². The molecule has 0 radical (unpaired) electrons. The number of ether oxygens (including phenoxy) is 1. The molecule has 0 saturated heterocycles. The fourth-order valence-electron chi connectivity index (χ4n) is 3.69. The SMILES string of the molecule is CC(C)C[C@](N)(C(N)=O)C1C(=O)Nc2ccccc2OC1c1ccccc1. The van der Waals surface area contributed by atoms with E-state index in [1.165, 1.54) is 0 Å². The highest BCUT2D eigenvalue weighted by Gasteiger charge is 2.51. The summed E-state index contributed by atoms with van der Waals surface area (Å²) in [6.07, 6.45) is -0.477. The summed E-state index contributed by atoms with van der Waals surface area (Å²) in [5.41, 5.74) is 12.0. The lowest BCUT2D eigenvalue weighted by Crippen LogP contribution is -2.62. The number of para-hydroxylation sites is 2. The Hall–Kier alpha value is -2.86. The van der Waals surface area contributed by atoms with Gasteiger partial charge in [-0.25, -0.2) is 0 Å². The van der Waals surface area contributed by atoms with Gasteiger partial charge < -0.3 is 21.5 Å². The second-order valence-electron chi connectivity index (χ2n) is 7.41. The molecule has 2 unspecified atom stereocenters. The van der Waals surface area contributed by atoms with Gasteiger partial charge in [0.25, 0.3) is 0 Å². The standard InChI is InChI=1S/C21H25N3O3/c1-13(2)12-21(23,20(22)26)17-18(14-8-4-3-5-9-14)27-16-11-7-6-10-15(16)24-19(17)25/h3-11,13,17-18H,12,23H2,1-2H3,(H2,22,26)(H,24,25)/t17?,18?,21-/m1/s1. The van der Waals surface area contributed by atoms with Crippen molar-refractivity contribution < 1.29 is 14.3 Å². The van der Waals surface area contributed by atoms with Crippen molar-refractivity contribution in [2.75, 3.05) is 5.32 Å². The smallest absolute Gasteiger partial charge is 0.238 e. The van der Waals surface area contributed by atoms with Crippen LogP contribution in [0.1, 0.15) is 31.9 Å². The van der Waals surface area contributed by atoms with Crippen molar-refractivity contribution in [1.82, 2.24) is 0 Å². The normalized spacial score (nSPS) is 21.4. The fraction of sp³-hybridized carbons (Fsp3) is 0.333. The lowest BCUT2D eigenvalue weighted by Gasteiger charge is -2.38. The predicted octanol–water partition coefficient (Wildman–Crippen LogP) is 2.60. The molecule has 0 aliphatic carbocycles. The van der Waals surface area contributed by atoms with Crippen LogP contribution in [0.2, 0.25) is 0 Å². The Balaban J connectivity index is 2.16. The molecule has 5 N–H and O–H groups in total. The first-order chi connectivity index (χ1) is 12.8. The highest BCUT2D eigenvalue weighted by molar-refractivity contribution is 6.01. The van der Waals surface area contributed by atoms with Gasteiger partial charge in [-0.2, -0.15) is 0 Å². The summed E-state index contributed by atoms with van der Waals surface area (Å²) < 4.78 is 6.23. The second-order valence-corrected chi connectivity index (χ2v) is 7.41. The molecule has 6 nitrogen and oxygen atoms in total. The van der Waals surface area contributed by atoms with Gasteiger partial charge in [-0.3, -0.25) is 9.59 Å². The van der Waals surface area contributed by atoms with Crippen LogP contribution in [0.15, 0.2) is 54.6 Å². The van der Waals surface area contributed by atoms with Crippen molar-refractivity contribution in [2.45, 2.75) is 31.9 Å². The molecular weight excluding hydrogens is 342 g/mol. The molecule has 2 aromatic carbocycles. The Morgan fingerprint density at radius 2 is 1.78 bits per heavy atom. The Labute approximate surface area is 158 Å². The van der Waals surface area contributed by atoms with Crippen LogP contribution in [0.4, 0.5) is 5.69 Å². The van der Waals surface area contributed by atoms with Crippen molar-refractivity contribution >= 4 is 17.5 Å². The number of amides is 2. The molecule has 2 aromatic rings. The van der Waals surface area contributed by atoms with E-state index in [0.29, 0.717) is 11.4 Å². The monoisotopic (exact) mass is 367 g/mol. The van der Waals surface area contributed by atoms with Crippen LogP contribution in [0.25, 0.3) is 0 Å². The number of hydrogen-bond acceptors (Lipinski definition) is 4. The zero-order valence-electron chi connectivity index (χ0n) is 15.5. The van der Waals surface area contributed by atoms with Crippen molar-refractivity contribution in [3.8, 4) is 5.75 Å². The topological polar surface area (TPSA) is 107 Å². The van der Waals surface area contributed by atoms with Gasteiger partial charge in [0, 0.05) is 0 Å². The third-order valence-electron chi connectivity index (χ3n) is 4.87. The first kappa shape index (κ1) is 18.9. The molecule has 0 fully saturated rings. The van der Waals surface area contributed by atoms with E-state index >= 15 is 0 Å². The van der Waals surface area contributed by atoms with E-state index in [9.17, 15) is 9.59 Å². The van der Waals surface area contributed by atoms with E-state index in [2.05, 4.69) is 5.32 Å². The van der Waals surface area contributed by atoms with Gasteiger partial charge in [-0.05, 0) is 30.0 Å². The maximum absolute atomic E-state index is 13.2. The Kier molecular flexibility index (Phi) is 5.19. The van der Waals surface area contributed by atoms with Gasteiger partial charge in [0.15, 0.2) is 0 Å². The van der Waals surface area contributed by atoms with Crippen LogP contribution in [-0.2, 0) is 9.59 Å². The third-order valence-corrected chi connectivity index (χ3v) is 4.87. The van der Waals surface area contributed by atoms with Gasteiger partial charge in [0.1, 0.15) is 23.3 Å². The van der Waals surface area contributed by atoms with Gasteiger partial charge in [-0.1, -0.05) is 56.3 Å². The van der Waals surface area contributed by atoms with Crippen LogP contribution < -0.4 is 21.5 Å². The molecule has 142 valence electrons. The lowest BCUT2D eigenvalue weighted by atomic mass is 9.73. The Bertz CT molecular complexity index is 838. The minimum absolute atomic E-state index is 0.0670. The Morgan fingerprint density at radius 3 is 2.41 bits per heavy atom. The van der Waals surface area contributed by atoms with E-state index in [0.717, 1.165) is 5.56 Å². The van der Waals surface area contributed by atoms with Crippen molar-refractivity contribution in [2.24, 2.45) is 23.3 Å². The summed E-state index contributed by atoms with van der Waals surface area (Å²) in [6, 6.07) is 16.5. The zero-order valence-corrected chi connectivity index (χ0v) is 15.5. The summed E-state index contributed by atoms with van der Waals surface area (Å²) in [5, 5.41) is 2.85. The molecule has 0 saturated carbocycles. The molecular formula is C21H25N3O3. The highest BCUT2D eigenvalue weighted by atomic mass is 16.5. The summed E-state index contributed by atoms with van der Waals surface area (Å²) in [6.45, 7) is 3.87. The largest absolute Gasteiger partial charge is 0.483 e. The van der Waals surface area contributed by atoms with E-state index in [1.54, 1.807) is 18.2 Å². The van der Waals surface area contributed by atoms with Crippen LogP contribution >= 0.6 is 0 Å². The minimum atomic E-state index is -1.55. The average molecular weight is 367 g/mol. The van der Waals surface area contributed by atoms with Crippen LogP contribution in [0.3, 0.4) is 0 Å². The number of nitrogens with two attached hydrogens (primary N) is 2. The van der Waals surface area contributed by atoms with Crippen molar-refractivity contribution in [3.63, 3.8) is 0 Å². The number of carbonyl (C=O) groups excluding carboxylic acids is 2. The molecule has 27 heavy (non-hydrogen) atoms. The number of benzene rings is 2. The maximum atomic E-state index is 13.2. The molecule has 0 bridgehead atoms. The predicted molar refractivity (Wildman–Crippen MR) is 104 cm³/mol. The van der Waals surface area contributed by atoms with Gasteiger partial charge in [0.05, 0.1) is 5.69 Å². The summed E-state index contributed by atoms with van der Waals surface area (Å²) in [7, 11) is 0. The fourth-order valence-corrected chi connectivity index (χ4v) is 3.69. The van der Waals surface area contributed by atoms with E-state index < -0.39 is 23.5 Å². The quantitative estimate of drug-likeness (QED) is 0.755. The molecule has 1 heterocycles. The Morgan fingerprint density at radius 1 is 1.15 bits per heavy atom. The third kappa shape index (κ3) is 3.66. The molecule has 0 spiro atoms. The summed E-state index contributed by atoms with van der Waals surface area (Å²) >= 11 is 0. The molecule has 3 rings (SSSR count). The summed E-state index contributed by atoms with van der Waals surface area (Å²) in [4.78, 5) is 25.6. The maximum Gasteiger partial charge on any atom is 0.238 e.